The smallest absolute Gasteiger partial charge is 0.246 e. The van der Waals surface area contributed by atoms with Crippen LogP contribution < -0.4 is 4.72 Å². The maximum atomic E-state index is 13.4. The van der Waals surface area contributed by atoms with E-state index in [0.717, 1.165) is 24.6 Å². The second-order valence-electron chi connectivity index (χ2n) is 4.66. The zero-order valence-electron chi connectivity index (χ0n) is 10.1. The van der Waals surface area contributed by atoms with Crippen molar-refractivity contribution < 1.29 is 22.3 Å². The van der Waals surface area contributed by atoms with Crippen LogP contribution in [0.15, 0.2) is 23.1 Å². The summed E-state index contributed by atoms with van der Waals surface area (Å²) in [5, 5.41) is 9.58. The Morgan fingerprint density at radius 2 is 1.89 bits per heavy atom. The molecule has 7 heteroatoms. The summed E-state index contributed by atoms with van der Waals surface area (Å²) < 4.78 is 52.7. The second-order valence-corrected chi connectivity index (χ2v) is 6.36. The molecule has 4 nitrogen and oxygen atoms in total. The summed E-state index contributed by atoms with van der Waals surface area (Å²) >= 11 is 0. The predicted molar refractivity (Wildman–Crippen MR) is 64.9 cm³/mol. The average Bonchev–Trinajstić information content (AvgIpc) is 2.72. The molecule has 2 rings (SSSR count). The van der Waals surface area contributed by atoms with Crippen molar-refractivity contribution in [2.24, 2.45) is 5.92 Å². The highest BCUT2D eigenvalue weighted by Crippen LogP contribution is 2.25. The Balaban J connectivity index is 2.14. The van der Waals surface area contributed by atoms with Gasteiger partial charge in [-0.1, -0.05) is 12.5 Å². The largest absolute Gasteiger partial charge is 0.393 e. The van der Waals surface area contributed by atoms with Crippen molar-refractivity contribution in [3.8, 4) is 0 Å². The van der Waals surface area contributed by atoms with E-state index >= 15 is 0 Å². The molecule has 1 aliphatic carbocycles. The fourth-order valence-electron chi connectivity index (χ4n) is 2.28. The quantitative estimate of drug-likeness (QED) is 0.881. The van der Waals surface area contributed by atoms with E-state index in [4.69, 9.17) is 0 Å². The number of aliphatic hydroxyl groups is 1. The second kappa shape index (κ2) is 5.52. The highest BCUT2D eigenvalue weighted by atomic mass is 32.2. The maximum absolute atomic E-state index is 13.4. The highest BCUT2D eigenvalue weighted by molar-refractivity contribution is 7.89. The first-order valence-corrected chi connectivity index (χ1v) is 7.52. The molecule has 2 unspecified atom stereocenters. The van der Waals surface area contributed by atoms with Crippen molar-refractivity contribution in [2.45, 2.75) is 30.3 Å². The van der Waals surface area contributed by atoms with Crippen molar-refractivity contribution in [2.75, 3.05) is 6.54 Å². The zero-order valence-corrected chi connectivity index (χ0v) is 11.0. The normalized spacial score (nSPS) is 23.7. The van der Waals surface area contributed by atoms with Crippen LogP contribution in [0.3, 0.4) is 0 Å². The van der Waals surface area contributed by atoms with Gasteiger partial charge in [0.05, 0.1) is 6.10 Å². The zero-order chi connectivity index (χ0) is 14.0. The van der Waals surface area contributed by atoms with Gasteiger partial charge in [-0.2, -0.15) is 0 Å². The summed E-state index contributed by atoms with van der Waals surface area (Å²) in [6.45, 7) is -0.0166. The molecule has 1 aliphatic rings. The van der Waals surface area contributed by atoms with E-state index in [1.54, 1.807) is 0 Å². The SMILES string of the molecule is O=S(=O)(NCC1CCCC1O)c1c(F)cccc1F. The summed E-state index contributed by atoms with van der Waals surface area (Å²) in [5.41, 5.74) is 0. The molecule has 1 aromatic rings. The molecule has 19 heavy (non-hydrogen) atoms. The maximum Gasteiger partial charge on any atom is 0.246 e. The number of sulfonamides is 1. The molecule has 0 heterocycles. The van der Waals surface area contributed by atoms with E-state index in [9.17, 15) is 22.3 Å². The van der Waals surface area contributed by atoms with Crippen LogP contribution in [0.25, 0.3) is 0 Å². The number of nitrogens with one attached hydrogen (secondary N) is 1. The molecule has 0 aliphatic heterocycles. The van der Waals surface area contributed by atoms with Crippen LogP contribution in [0.4, 0.5) is 8.78 Å². The van der Waals surface area contributed by atoms with Crippen LogP contribution in [0.1, 0.15) is 19.3 Å². The number of halogens is 2. The molecule has 1 aromatic carbocycles. The van der Waals surface area contributed by atoms with Gasteiger partial charge in [0.1, 0.15) is 11.6 Å². The van der Waals surface area contributed by atoms with Gasteiger partial charge in [-0.15, -0.1) is 0 Å². The Kier molecular flexibility index (Phi) is 4.17. The van der Waals surface area contributed by atoms with Gasteiger partial charge in [-0.05, 0) is 30.9 Å². The fourth-order valence-corrected chi connectivity index (χ4v) is 3.51. The summed E-state index contributed by atoms with van der Waals surface area (Å²) in [6.07, 6.45) is 1.58. The summed E-state index contributed by atoms with van der Waals surface area (Å²) in [6, 6.07) is 2.88. The van der Waals surface area contributed by atoms with E-state index in [2.05, 4.69) is 4.72 Å². The van der Waals surface area contributed by atoms with Crippen LogP contribution in [0, 0.1) is 17.6 Å². The van der Waals surface area contributed by atoms with E-state index in [0.29, 0.717) is 12.8 Å². The predicted octanol–water partition coefficient (Wildman–Crippen LogP) is 1.40. The molecule has 1 saturated carbocycles. The van der Waals surface area contributed by atoms with Gasteiger partial charge in [0.25, 0.3) is 0 Å². The Morgan fingerprint density at radius 1 is 1.26 bits per heavy atom. The monoisotopic (exact) mass is 291 g/mol. The van der Waals surface area contributed by atoms with Gasteiger partial charge < -0.3 is 5.11 Å². The number of hydrogen-bond donors (Lipinski definition) is 2. The van der Waals surface area contributed by atoms with E-state index < -0.39 is 32.7 Å². The Labute approximate surface area is 110 Å². The number of benzene rings is 1. The molecule has 0 amide bonds. The molecule has 106 valence electrons. The minimum Gasteiger partial charge on any atom is -0.393 e. The van der Waals surface area contributed by atoms with Crippen molar-refractivity contribution >= 4 is 10.0 Å². The topological polar surface area (TPSA) is 66.4 Å². The first kappa shape index (κ1) is 14.4. The number of hydrogen-bond acceptors (Lipinski definition) is 3. The average molecular weight is 291 g/mol. The molecule has 2 atom stereocenters. The minimum atomic E-state index is -4.24. The van der Waals surface area contributed by atoms with Gasteiger partial charge in [0, 0.05) is 6.54 Å². The van der Waals surface area contributed by atoms with Gasteiger partial charge >= 0.3 is 0 Å². The summed E-state index contributed by atoms with van der Waals surface area (Å²) in [5.74, 6) is -2.46. The van der Waals surface area contributed by atoms with Crippen LogP contribution >= 0.6 is 0 Å². The summed E-state index contributed by atoms with van der Waals surface area (Å²) in [7, 11) is -4.24. The lowest BCUT2D eigenvalue weighted by Gasteiger charge is -2.15. The number of rotatable bonds is 4. The Morgan fingerprint density at radius 3 is 2.42 bits per heavy atom. The third-order valence-corrected chi connectivity index (χ3v) is 4.82. The molecule has 0 bridgehead atoms. The van der Waals surface area contributed by atoms with Crippen molar-refractivity contribution in [3.63, 3.8) is 0 Å². The van der Waals surface area contributed by atoms with Gasteiger partial charge in [-0.3, -0.25) is 0 Å². The van der Waals surface area contributed by atoms with E-state index in [-0.39, 0.29) is 12.5 Å². The molecular formula is C12H15F2NO3S. The number of aliphatic hydroxyl groups excluding tert-OH is 1. The first-order valence-electron chi connectivity index (χ1n) is 6.03. The highest BCUT2D eigenvalue weighted by Gasteiger charge is 2.29. The van der Waals surface area contributed by atoms with Crippen molar-refractivity contribution in [3.05, 3.63) is 29.8 Å². The fraction of sp³-hybridized carbons (Fsp3) is 0.500. The third kappa shape index (κ3) is 3.10. The van der Waals surface area contributed by atoms with Crippen LogP contribution in [0.5, 0.6) is 0 Å². The van der Waals surface area contributed by atoms with Crippen LogP contribution in [0.2, 0.25) is 0 Å². The molecular weight excluding hydrogens is 276 g/mol. The first-order chi connectivity index (χ1) is 8.92. The Hall–Kier alpha value is -1.05. The lowest BCUT2D eigenvalue weighted by atomic mass is 10.1. The molecule has 1 fully saturated rings. The van der Waals surface area contributed by atoms with Crippen LogP contribution in [-0.2, 0) is 10.0 Å². The lowest BCUT2D eigenvalue weighted by molar-refractivity contribution is 0.134. The van der Waals surface area contributed by atoms with E-state index in [1.807, 2.05) is 0 Å². The minimum absolute atomic E-state index is 0.0166. The van der Waals surface area contributed by atoms with Gasteiger partial charge in [-0.25, -0.2) is 21.9 Å². The lowest BCUT2D eigenvalue weighted by Crippen LogP contribution is -2.33. The summed E-state index contributed by atoms with van der Waals surface area (Å²) in [4.78, 5) is -0.970. The molecule has 0 radical (unpaired) electrons. The molecule has 0 saturated heterocycles. The van der Waals surface area contributed by atoms with Crippen LogP contribution in [-0.4, -0.2) is 26.2 Å². The van der Waals surface area contributed by atoms with E-state index in [1.165, 1.54) is 0 Å². The van der Waals surface area contributed by atoms with Gasteiger partial charge in [0.15, 0.2) is 4.90 Å². The van der Waals surface area contributed by atoms with Gasteiger partial charge in [0.2, 0.25) is 10.0 Å². The molecule has 0 aromatic heterocycles. The third-order valence-electron chi connectivity index (χ3n) is 3.34. The Bertz CT molecular complexity index is 542. The standard InChI is InChI=1S/C12H15F2NO3S/c13-9-4-2-5-10(14)12(9)19(17,18)15-7-8-3-1-6-11(8)16/h2,4-5,8,11,15-16H,1,3,6-7H2. The van der Waals surface area contributed by atoms with Crippen molar-refractivity contribution in [1.82, 2.24) is 4.72 Å². The molecule has 2 N–H and O–H groups in total. The molecule has 0 spiro atoms. The van der Waals surface area contributed by atoms with Crippen molar-refractivity contribution in [1.29, 1.82) is 0 Å².